The molecule has 1 N–H and O–H groups in total. The van der Waals surface area contributed by atoms with Crippen LogP contribution < -0.4 is 5.32 Å². The van der Waals surface area contributed by atoms with Gasteiger partial charge in [-0.25, -0.2) is 0 Å². The van der Waals surface area contributed by atoms with Gasteiger partial charge in [-0.3, -0.25) is 4.79 Å². The lowest BCUT2D eigenvalue weighted by Gasteiger charge is -2.26. The molecule has 15 heavy (non-hydrogen) atoms. The molecule has 1 fully saturated rings. The molecule has 0 saturated carbocycles. The number of unbranched alkanes of at least 4 members (excludes halogenated alkanes) is 1. The van der Waals surface area contributed by atoms with Crippen LogP contribution in [0.25, 0.3) is 0 Å². The molecule has 1 aliphatic heterocycles. The summed E-state index contributed by atoms with van der Waals surface area (Å²) >= 11 is 0. The number of ketones is 1. The topological polar surface area (TPSA) is 29.1 Å². The zero-order valence-electron chi connectivity index (χ0n) is 10.2. The van der Waals surface area contributed by atoms with E-state index in [0.717, 1.165) is 32.4 Å². The molecule has 1 saturated heterocycles. The molecule has 0 aliphatic carbocycles. The van der Waals surface area contributed by atoms with Gasteiger partial charge in [0.1, 0.15) is 5.78 Å². The molecule has 1 rings (SSSR count). The lowest BCUT2D eigenvalue weighted by Crippen LogP contribution is -2.43. The minimum Gasteiger partial charge on any atom is -0.316 e. The third-order valence-electron chi connectivity index (χ3n) is 3.44. The quantitative estimate of drug-likeness (QED) is 0.669. The van der Waals surface area contributed by atoms with E-state index in [1.54, 1.807) is 0 Å². The summed E-state index contributed by atoms with van der Waals surface area (Å²) in [6, 6.07) is 0. The average Bonchev–Trinajstić information content (AvgIpc) is 2.18. The first kappa shape index (κ1) is 12.7. The fraction of sp³-hybridized carbons (Fsp3) is 0.923. The standard InChI is InChI=1S/C13H25NO/c1-3-5-6-11(4-2)7-13(15)8-12-9-14-10-12/h11-12,14H,3-10H2,1-2H3. The van der Waals surface area contributed by atoms with Crippen LogP contribution in [-0.2, 0) is 4.79 Å². The summed E-state index contributed by atoms with van der Waals surface area (Å²) in [5.74, 6) is 1.77. The molecular formula is C13H25NO. The van der Waals surface area contributed by atoms with E-state index in [2.05, 4.69) is 19.2 Å². The molecular weight excluding hydrogens is 186 g/mol. The Morgan fingerprint density at radius 3 is 2.60 bits per heavy atom. The van der Waals surface area contributed by atoms with Crippen molar-refractivity contribution >= 4 is 5.78 Å². The highest BCUT2D eigenvalue weighted by Gasteiger charge is 2.21. The van der Waals surface area contributed by atoms with E-state index in [1.165, 1.54) is 19.3 Å². The molecule has 0 bridgehead atoms. The third-order valence-corrected chi connectivity index (χ3v) is 3.44. The Morgan fingerprint density at radius 1 is 1.40 bits per heavy atom. The van der Waals surface area contributed by atoms with Gasteiger partial charge in [0.2, 0.25) is 0 Å². The van der Waals surface area contributed by atoms with Crippen LogP contribution in [0.3, 0.4) is 0 Å². The normalized spacial score (nSPS) is 18.5. The largest absolute Gasteiger partial charge is 0.316 e. The molecule has 1 aliphatic rings. The van der Waals surface area contributed by atoms with Crippen molar-refractivity contribution in [1.29, 1.82) is 0 Å². The highest BCUT2D eigenvalue weighted by molar-refractivity contribution is 5.79. The Morgan fingerprint density at radius 2 is 2.13 bits per heavy atom. The summed E-state index contributed by atoms with van der Waals surface area (Å²) in [6.07, 6.45) is 6.56. The van der Waals surface area contributed by atoms with E-state index in [1.807, 2.05) is 0 Å². The van der Waals surface area contributed by atoms with Gasteiger partial charge in [0.25, 0.3) is 0 Å². The fourth-order valence-electron chi connectivity index (χ4n) is 2.16. The van der Waals surface area contributed by atoms with Gasteiger partial charge < -0.3 is 5.32 Å². The van der Waals surface area contributed by atoms with Gasteiger partial charge in [-0.15, -0.1) is 0 Å². The van der Waals surface area contributed by atoms with Crippen LogP contribution in [0, 0.1) is 11.8 Å². The molecule has 88 valence electrons. The molecule has 0 radical (unpaired) electrons. The summed E-state index contributed by atoms with van der Waals surface area (Å²) in [5, 5.41) is 3.22. The number of hydrogen-bond donors (Lipinski definition) is 1. The van der Waals surface area contributed by atoms with Crippen LogP contribution in [0.4, 0.5) is 0 Å². The maximum absolute atomic E-state index is 11.8. The fourth-order valence-corrected chi connectivity index (χ4v) is 2.16. The molecule has 0 amide bonds. The second-order valence-corrected chi connectivity index (χ2v) is 4.89. The Kier molecular flexibility index (Phi) is 5.92. The molecule has 2 heteroatoms. The van der Waals surface area contributed by atoms with Crippen molar-refractivity contribution in [3.63, 3.8) is 0 Å². The van der Waals surface area contributed by atoms with E-state index < -0.39 is 0 Å². The molecule has 1 unspecified atom stereocenters. The second-order valence-electron chi connectivity index (χ2n) is 4.89. The van der Waals surface area contributed by atoms with Gasteiger partial charge in [0, 0.05) is 12.8 Å². The third kappa shape index (κ3) is 4.78. The lowest BCUT2D eigenvalue weighted by molar-refractivity contribution is -0.121. The highest BCUT2D eigenvalue weighted by Crippen LogP contribution is 2.19. The predicted octanol–water partition coefficient (Wildman–Crippen LogP) is 2.77. The van der Waals surface area contributed by atoms with Gasteiger partial charge in [-0.2, -0.15) is 0 Å². The number of carbonyl (C=O) groups is 1. The Hall–Kier alpha value is -0.370. The molecule has 0 aromatic heterocycles. The van der Waals surface area contributed by atoms with Crippen molar-refractivity contribution in [3.05, 3.63) is 0 Å². The van der Waals surface area contributed by atoms with Crippen LogP contribution in [0.2, 0.25) is 0 Å². The summed E-state index contributed by atoms with van der Waals surface area (Å²) in [6.45, 7) is 6.53. The number of nitrogens with one attached hydrogen (secondary N) is 1. The van der Waals surface area contributed by atoms with Crippen LogP contribution in [0.1, 0.15) is 52.4 Å². The molecule has 0 aromatic rings. The minimum absolute atomic E-state index is 0.490. The Balaban J connectivity index is 2.14. The Labute approximate surface area is 93.8 Å². The molecule has 0 spiro atoms. The number of rotatable bonds is 8. The van der Waals surface area contributed by atoms with Gasteiger partial charge in [-0.1, -0.05) is 39.5 Å². The minimum atomic E-state index is 0.490. The van der Waals surface area contributed by atoms with Crippen molar-refractivity contribution in [2.45, 2.75) is 52.4 Å². The van der Waals surface area contributed by atoms with Gasteiger partial charge in [-0.05, 0) is 24.9 Å². The van der Waals surface area contributed by atoms with Crippen molar-refractivity contribution in [2.24, 2.45) is 11.8 Å². The van der Waals surface area contributed by atoms with Crippen molar-refractivity contribution in [2.75, 3.05) is 13.1 Å². The van der Waals surface area contributed by atoms with Crippen molar-refractivity contribution < 1.29 is 4.79 Å². The van der Waals surface area contributed by atoms with Gasteiger partial charge in [0.15, 0.2) is 0 Å². The van der Waals surface area contributed by atoms with Crippen molar-refractivity contribution in [1.82, 2.24) is 5.32 Å². The van der Waals surface area contributed by atoms with E-state index in [9.17, 15) is 4.79 Å². The van der Waals surface area contributed by atoms with E-state index in [-0.39, 0.29) is 0 Å². The summed E-state index contributed by atoms with van der Waals surface area (Å²) in [4.78, 5) is 11.8. The molecule has 1 heterocycles. The smallest absolute Gasteiger partial charge is 0.133 e. The average molecular weight is 211 g/mol. The molecule has 0 aromatic carbocycles. The maximum atomic E-state index is 11.8. The summed E-state index contributed by atoms with van der Waals surface area (Å²) < 4.78 is 0. The molecule has 2 nitrogen and oxygen atoms in total. The van der Waals surface area contributed by atoms with E-state index >= 15 is 0 Å². The van der Waals surface area contributed by atoms with Crippen LogP contribution >= 0.6 is 0 Å². The van der Waals surface area contributed by atoms with Crippen LogP contribution in [0.15, 0.2) is 0 Å². The second kappa shape index (κ2) is 7.00. The van der Waals surface area contributed by atoms with Gasteiger partial charge in [0.05, 0.1) is 0 Å². The first-order valence-electron chi connectivity index (χ1n) is 6.48. The SMILES string of the molecule is CCCCC(CC)CC(=O)CC1CNC1. The first-order chi connectivity index (χ1) is 7.26. The zero-order valence-corrected chi connectivity index (χ0v) is 10.2. The predicted molar refractivity (Wildman–Crippen MR) is 63.9 cm³/mol. The summed E-state index contributed by atoms with van der Waals surface area (Å²) in [5.41, 5.74) is 0. The van der Waals surface area contributed by atoms with Crippen LogP contribution in [0.5, 0.6) is 0 Å². The highest BCUT2D eigenvalue weighted by atomic mass is 16.1. The zero-order chi connectivity index (χ0) is 11.1. The number of Topliss-reactive ketones (excluding diaryl/α,β-unsaturated/α-hetero) is 1. The Bertz CT molecular complexity index is 187. The van der Waals surface area contributed by atoms with Crippen LogP contribution in [-0.4, -0.2) is 18.9 Å². The lowest BCUT2D eigenvalue weighted by atomic mass is 9.89. The first-order valence-corrected chi connectivity index (χ1v) is 6.48. The van der Waals surface area contributed by atoms with E-state index in [0.29, 0.717) is 17.6 Å². The van der Waals surface area contributed by atoms with Gasteiger partial charge >= 0.3 is 0 Å². The molecule has 1 atom stereocenters. The number of carbonyl (C=O) groups excluding carboxylic acids is 1. The maximum Gasteiger partial charge on any atom is 0.133 e. The monoisotopic (exact) mass is 211 g/mol. The van der Waals surface area contributed by atoms with Crippen molar-refractivity contribution in [3.8, 4) is 0 Å². The summed E-state index contributed by atoms with van der Waals surface area (Å²) in [7, 11) is 0. The number of hydrogen-bond acceptors (Lipinski definition) is 2. The van der Waals surface area contributed by atoms with E-state index in [4.69, 9.17) is 0 Å².